The Hall–Kier alpha value is -1.92. The molecule has 1 amide bonds. The van der Waals surface area contributed by atoms with Gasteiger partial charge >= 0.3 is 0 Å². The number of fused-ring (bicyclic) bond motifs is 1. The highest BCUT2D eigenvalue weighted by molar-refractivity contribution is 7.89. The van der Waals surface area contributed by atoms with E-state index in [-0.39, 0.29) is 44.9 Å². The van der Waals surface area contributed by atoms with Gasteiger partial charge in [-0.3, -0.25) is 4.79 Å². The summed E-state index contributed by atoms with van der Waals surface area (Å²) in [7, 11) is -2.35. The van der Waals surface area contributed by atoms with Gasteiger partial charge in [-0.1, -0.05) is 46.9 Å². The number of ether oxygens (including phenoxy) is 1. The molecule has 1 aromatic heterocycles. The minimum absolute atomic E-state index is 0.00186. The number of aromatic nitrogens is 2. The molecule has 216 valence electrons. The molecule has 3 heterocycles. The monoisotopic (exact) mass is 627 g/mol. The van der Waals surface area contributed by atoms with E-state index in [2.05, 4.69) is 10.6 Å². The molecule has 2 N–H and O–H groups in total. The van der Waals surface area contributed by atoms with E-state index in [9.17, 15) is 13.2 Å². The number of piperidine rings is 1. The number of nitrogens with two attached hydrogens (primary N) is 1. The molecule has 13 heteroatoms. The van der Waals surface area contributed by atoms with Crippen molar-refractivity contribution in [1.29, 1.82) is 0 Å². The first-order valence-electron chi connectivity index (χ1n) is 13.2. The highest BCUT2D eigenvalue weighted by atomic mass is 35.5. The minimum atomic E-state index is -4.04. The summed E-state index contributed by atoms with van der Waals surface area (Å²) >= 11 is 18.3. The van der Waals surface area contributed by atoms with Crippen molar-refractivity contribution in [1.82, 2.24) is 18.8 Å². The smallest absolute Gasteiger partial charge is 0.244 e. The number of para-hydroxylation sites is 2. The van der Waals surface area contributed by atoms with Crippen LogP contribution in [0.15, 0.2) is 41.3 Å². The molecular formula is C27H32Cl3N5O4S. The average Bonchev–Trinajstić information content (AvgIpc) is 3.51. The van der Waals surface area contributed by atoms with E-state index in [0.717, 1.165) is 42.7 Å². The molecule has 2 aliphatic rings. The first-order valence-corrected chi connectivity index (χ1v) is 15.8. The van der Waals surface area contributed by atoms with Crippen molar-refractivity contribution in [3.05, 3.63) is 57.3 Å². The van der Waals surface area contributed by atoms with Crippen LogP contribution in [0.5, 0.6) is 0 Å². The van der Waals surface area contributed by atoms with Crippen LogP contribution in [0.4, 0.5) is 0 Å². The number of sulfonamides is 1. The normalized spacial score (nSPS) is 22.3. The van der Waals surface area contributed by atoms with E-state index in [1.54, 1.807) is 7.11 Å². The highest BCUT2D eigenvalue weighted by Crippen LogP contribution is 2.36. The van der Waals surface area contributed by atoms with Crippen LogP contribution in [0.25, 0.3) is 11.0 Å². The van der Waals surface area contributed by atoms with E-state index in [1.807, 2.05) is 23.1 Å². The number of carbonyl (C=O) groups is 1. The van der Waals surface area contributed by atoms with E-state index < -0.39 is 22.0 Å². The molecule has 0 unspecified atom stereocenters. The first kappa shape index (κ1) is 29.6. The van der Waals surface area contributed by atoms with Crippen molar-refractivity contribution in [3.63, 3.8) is 0 Å². The number of likely N-dealkylation sites (tertiary alicyclic amines) is 1. The molecule has 40 heavy (non-hydrogen) atoms. The number of nitrogens with zero attached hydrogens (tertiary/aromatic N) is 4. The molecule has 0 spiro atoms. The lowest BCUT2D eigenvalue weighted by molar-refractivity contribution is -0.136. The standard InChI is InChI=1S/C27H32Cl3N5O4S/c1-39-11-5-10-35-24-8-3-2-7-23(24)32-26(35)17-6-4-9-33(14-17)27(36)18-15-34(16-22(18)31)40(37,38)25-13-20(29)19(28)12-21(25)30/h2-3,7-8,12-13,17-18,22H,4-6,9-11,14-16,31H2,1H3/t17-,18-,22-/m1/s1. The maximum absolute atomic E-state index is 13.7. The third-order valence-electron chi connectivity index (χ3n) is 7.75. The van der Waals surface area contributed by atoms with Gasteiger partial charge in [-0.25, -0.2) is 13.4 Å². The van der Waals surface area contributed by atoms with E-state index in [4.69, 9.17) is 50.3 Å². The van der Waals surface area contributed by atoms with Crippen molar-refractivity contribution in [2.24, 2.45) is 11.7 Å². The van der Waals surface area contributed by atoms with Crippen LogP contribution < -0.4 is 5.73 Å². The Bertz CT molecular complexity index is 1520. The van der Waals surface area contributed by atoms with Crippen molar-refractivity contribution in [2.75, 3.05) is 39.9 Å². The molecule has 2 fully saturated rings. The summed E-state index contributed by atoms with van der Waals surface area (Å²) in [6.45, 7) is 2.48. The highest BCUT2D eigenvalue weighted by Gasteiger charge is 2.44. The molecule has 2 aliphatic heterocycles. The van der Waals surface area contributed by atoms with Gasteiger partial charge in [-0.15, -0.1) is 0 Å². The van der Waals surface area contributed by atoms with Gasteiger partial charge in [0.15, 0.2) is 0 Å². The van der Waals surface area contributed by atoms with Crippen LogP contribution in [0.1, 0.15) is 31.0 Å². The Balaban J connectivity index is 1.34. The molecule has 9 nitrogen and oxygen atoms in total. The van der Waals surface area contributed by atoms with Gasteiger partial charge in [-0.2, -0.15) is 4.31 Å². The fourth-order valence-corrected chi connectivity index (χ4v) is 8.20. The second-order valence-electron chi connectivity index (χ2n) is 10.4. The molecule has 2 aromatic carbocycles. The number of methoxy groups -OCH3 is 1. The number of aryl methyl sites for hydroxylation is 1. The van der Waals surface area contributed by atoms with Crippen molar-refractivity contribution in [3.8, 4) is 0 Å². The van der Waals surface area contributed by atoms with Gasteiger partial charge < -0.3 is 19.9 Å². The van der Waals surface area contributed by atoms with Crippen LogP contribution in [0.2, 0.25) is 15.1 Å². The summed E-state index contributed by atoms with van der Waals surface area (Å²) in [6, 6.07) is 9.93. The Kier molecular flexibility index (Phi) is 8.97. The lowest BCUT2D eigenvalue weighted by Crippen LogP contribution is -2.47. The Morgan fingerprint density at radius 3 is 2.62 bits per heavy atom. The topological polar surface area (TPSA) is 111 Å². The minimum Gasteiger partial charge on any atom is -0.385 e. The fraction of sp³-hybridized carbons (Fsp3) is 0.481. The zero-order valence-electron chi connectivity index (χ0n) is 22.1. The van der Waals surface area contributed by atoms with Crippen LogP contribution in [-0.4, -0.2) is 79.0 Å². The zero-order chi connectivity index (χ0) is 28.6. The molecule has 0 aliphatic carbocycles. The Morgan fingerprint density at radius 1 is 1.10 bits per heavy atom. The largest absolute Gasteiger partial charge is 0.385 e. The summed E-state index contributed by atoms with van der Waals surface area (Å²) in [5, 5.41) is 0.196. The van der Waals surface area contributed by atoms with Crippen molar-refractivity contribution < 1.29 is 17.9 Å². The Morgan fingerprint density at radius 2 is 1.85 bits per heavy atom. The third-order valence-corrected chi connectivity index (χ3v) is 10.8. The molecule has 0 saturated carbocycles. The SMILES string of the molecule is COCCCn1c([C@@H]2CCCN(C(=O)[C@@H]3CN(S(=O)(=O)c4cc(Cl)c(Cl)cc4Cl)C[C@H]3N)C2)nc2ccccc21. The molecule has 0 bridgehead atoms. The van der Waals surface area contributed by atoms with Crippen LogP contribution in [0.3, 0.4) is 0 Å². The zero-order valence-corrected chi connectivity index (χ0v) is 25.2. The quantitative estimate of drug-likeness (QED) is 0.293. The molecule has 5 rings (SSSR count). The number of rotatable bonds is 8. The van der Waals surface area contributed by atoms with Crippen molar-refractivity contribution in [2.45, 2.75) is 42.7 Å². The lowest BCUT2D eigenvalue weighted by Gasteiger charge is -2.35. The lowest BCUT2D eigenvalue weighted by atomic mass is 9.94. The van der Waals surface area contributed by atoms with Crippen molar-refractivity contribution >= 4 is 61.8 Å². The van der Waals surface area contributed by atoms with Gasteiger partial charge in [0.05, 0.1) is 32.0 Å². The van der Waals surface area contributed by atoms with Gasteiger partial charge in [0.25, 0.3) is 0 Å². The average molecular weight is 629 g/mol. The molecule has 0 radical (unpaired) electrons. The van der Waals surface area contributed by atoms with E-state index in [1.165, 1.54) is 16.4 Å². The van der Waals surface area contributed by atoms with Gasteiger partial charge in [-0.05, 0) is 43.5 Å². The van der Waals surface area contributed by atoms with Gasteiger partial charge in [0.2, 0.25) is 15.9 Å². The molecular weight excluding hydrogens is 597 g/mol. The summed E-state index contributed by atoms with van der Waals surface area (Å²) in [5.41, 5.74) is 8.37. The Labute approximate surface area is 249 Å². The van der Waals surface area contributed by atoms with Gasteiger partial charge in [0.1, 0.15) is 10.7 Å². The number of halogens is 3. The second kappa shape index (κ2) is 12.1. The van der Waals surface area contributed by atoms with Gasteiger partial charge in [0, 0.05) is 58.4 Å². The number of hydrogen-bond donors (Lipinski definition) is 1. The summed E-state index contributed by atoms with van der Waals surface area (Å²) in [4.78, 5) is 20.4. The molecule has 3 aromatic rings. The summed E-state index contributed by atoms with van der Waals surface area (Å²) < 4.78 is 35.5. The number of amides is 1. The number of hydrogen-bond acceptors (Lipinski definition) is 6. The number of benzene rings is 2. The fourth-order valence-electron chi connectivity index (χ4n) is 5.72. The first-order chi connectivity index (χ1) is 19.1. The second-order valence-corrected chi connectivity index (χ2v) is 13.5. The number of imidazole rings is 1. The van der Waals surface area contributed by atoms with Crippen LogP contribution in [-0.2, 0) is 26.1 Å². The van der Waals surface area contributed by atoms with E-state index in [0.29, 0.717) is 19.7 Å². The molecule has 3 atom stereocenters. The van der Waals surface area contributed by atoms with E-state index >= 15 is 0 Å². The predicted octanol–water partition coefficient (Wildman–Crippen LogP) is 4.39. The van der Waals surface area contributed by atoms with Crippen LogP contribution >= 0.6 is 34.8 Å². The summed E-state index contributed by atoms with van der Waals surface area (Å²) in [6.07, 6.45) is 2.58. The number of carbonyl (C=O) groups excluding carboxylic acids is 1. The molecule has 2 saturated heterocycles. The summed E-state index contributed by atoms with van der Waals surface area (Å²) in [5.74, 6) is 0.205. The maximum atomic E-state index is 13.7. The maximum Gasteiger partial charge on any atom is 0.244 e. The van der Waals surface area contributed by atoms with Crippen LogP contribution in [0, 0.1) is 5.92 Å². The predicted molar refractivity (Wildman–Crippen MR) is 156 cm³/mol. The third kappa shape index (κ3) is 5.72.